The second-order valence-electron chi connectivity index (χ2n) is 7.69. The van der Waals surface area contributed by atoms with Crippen molar-refractivity contribution in [2.45, 2.75) is 46.6 Å². The lowest BCUT2D eigenvalue weighted by Gasteiger charge is -2.17. The third-order valence-corrected chi connectivity index (χ3v) is 4.96. The van der Waals surface area contributed by atoms with E-state index in [1.807, 2.05) is 64.1 Å². The number of aryl methyl sites for hydroxylation is 3. The fourth-order valence-electron chi connectivity index (χ4n) is 3.34. The number of carbonyl (C=O) groups is 2. The molecule has 2 amide bonds. The lowest BCUT2D eigenvalue weighted by atomic mass is 10.1. The zero-order valence-electron chi connectivity index (χ0n) is 17.0. The molecule has 1 saturated carbocycles. The van der Waals surface area contributed by atoms with Crippen LogP contribution in [-0.2, 0) is 9.59 Å². The Balaban J connectivity index is 1.51. The van der Waals surface area contributed by atoms with Gasteiger partial charge in [-0.05, 0) is 69.4 Å². The molecule has 1 aliphatic carbocycles. The number of rotatable bonds is 7. The summed E-state index contributed by atoms with van der Waals surface area (Å²) in [6, 6.07) is 11.5. The predicted octanol–water partition coefficient (Wildman–Crippen LogP) is 4.22. The van der Waals surface area contributed by atoms with Crippen molar-refractivity contribution in [2.75, 3.05) is 11.9 Å². The molecule has 2 aromatic rings. The van der Waals surface area contributed by atoms with Crippen LogP contribution in [0.2, 0.25) is 0 Å². The van der Waals surface area contributed by atoms with Crippen molar-refractivity contribution in [1.82, 2.24) is 5.32 Å². The maximum absolute atomic E-state index is 12.3. The molecule has 0 bridgehead atoms. The Bertz CT molecular complexity index is 847. The fraction of sp³-hybridized carbons (Fsp3) is 0.391. The molecule has 0 spiro atoms. The number of anilines is 1. The van der Waals surface area contributed by atoms with Crippen LogP contribution in [0.3, 0.4) is 0 Å². The van der Waals surface area contributed by atoms with Gasteiger partial charge in [-0.1, -0.05) is 29.8 Å². The lowest BCUT2D eigenvalue weighted by molar-refractivity contribution is -0.123. The van der Waals surface area contributed by atoms with E-state index in [1.54, 1.807) is 0 Å². The van der Waals surface area contributed by atoms with Crippen molar-refractivity contribution >= 4 is 17.5 Å². The van der Waals surface area contributed by atoms with E-state index in [1.165, 1.54) is 5.56 Å². The van der Waals surface area contributed by atoms with Crippen LogP contribution in [0, 0.1) is 26.7 Å². The summed E-state index contributed by atoms with van der Waals surface area (Å²) in [6.07, 6.45) is 1.97. The van der Waals surface area contributed by atoms with Crippen LogP contribution in [0.1, 0.15) is 48.1 Å². The summed E-state index contributed by atoms with van der Waals surface area (Å²) in [4.78, 5) is 24.1. The highest BCUT2D eigenvalue weighted by Crippen LogP contribution is 2.30. The van der Waals surface area contributed by atoms with E-state index < -0.39 is 0 Å². The van der Waals surface area contributed by atoms with E-state index in [4.69, 9.17) is 4.74 Å². The van der Waals surface area contributed by atoms with Crippen molar-refractivity contribution < 1.29 is 14.3 Å². The Morgan fingerprint density at radius 2 is 1.68 bits per heavy atom. The smallest absolute Gasteiger partial charge is 0.258 e. The molecule has 5 heteroatoms. The van der Waals surface area contributed by atoms with Crippen LogP contribution in [0.25, 0.3) is 0 Å². The molecule has 0 aromatic heterocycles. The highest BCUT2D eigenvalue weighted by molar-refractivity contribution is 5.94. The topological polar surface area (TPSA) is 67.4 Å². The van der Waals surface area contributed by atoms with Crippen molar-refractivity contribution in [3.8, 4) is 5.75 Å². The van der Waals surface area contributed by atoms with Crippen molar-refractivity contribution in [3.63, 3.8) is 0 Å². The molecule has 0 aliphatic heterocycles. The number of hydrogen-bond acceptors (Lipinski definition) is 3. The van der Waals surface area contributed by atoms with Gasteiger partial charge in [0, 0.05) is 11.6 Å². The number of benzene rings is 2. The minimum Gasteiger partial charge on any atom is -0.483 e. The third kappa shape index (κ3) is 5.12. The zero-order valence-corrected chi connectivity index (χ0v) is 17.0. The number of nitrogens with one attached hydrogen (secondary N) is 2. The SMILES string of the molecule is Cc1cc(C)c(OCC(=O)NC(C)c2ccc(NC(=O)C3CC3)cc2)c(C)c1. The van der Waals surface area contributed by atoms with Gasteiger partial charge in [-0.2, -0.15) is 0 Å². The largest absolute Gasteiger partial charge is 0.483 e. The van der Waals surface area contributed by atoms with Crippen molar-refractivity contribution in [1.29, 1.82) is 0 Å². The van der Waals surface area contributed by atoms with Crippen molar-refractivity contribution in [3.05, 3.63) is 58.7 Å². The summed E-state index contributed by atoms with van der Waals surface area (Å²) in [5, 5.41) is 5.87. The fourth-order valence-corrected chi connectivity index (χ4v) is 3.34. The molecule has 3 rings (SSSR count). The molecule has 0 heterocycles. The standard InChI is InChI=1S/C23H28N2O3/c1-14-11-15(2)22(16(3)12-14)28-13-21(26)24-17(4)18-7-9-20(10-8-18)25-23(27)19-5-6-19/h7-12,17,19H,5-6,13H2,1-4H3,(H,24,26)(H,25,27). The Kier molecular flexibility index (Phi) is 6.02. The summed E-state index contributed by atoms with van der Waals surface area (Å²) in [5.74, 6) is 0.869. The van der Waals surface area contributed by atoms with Crippen LogP contribution >= 0.6 is 0 Å². The molecule has 1 atom stereocenters. The molecule has 1 fully saturated rings. The molecular formula is C23H28N2O3. The molecular weight excluding hydrogens is 352 g/mol. The first-order chi connectivity index (χ1) is 13.3. The molecule has 148 valence electrons. The quantitative estimate of drug-likeness (QED) is 0.756. The van der Waals surface area contributed by atoms with Gasteiger partial charge in [0.15, 0.2) is 6.61 Å². The van der Waals surface area contributed by atoms with E-state index in [-0.39, 0.29) is 30.4 Å². The normalized spacial score (nSPS) is 14.3. The third-order valence-electron chi connectivity index (χ3n) is 4.96. The van der Waals surface area contributed by atoms with Crippen LogP contribution in [0.4, 0.5) is 5.69 Å². The first kappa shape index (κ1) is 19.9. The minimum atomic E-state index is -0.169. The van der Waals surface area contributed by atoms with Gasteiger partial charge >= 0.3 is 0 Å². The van der Waals surface area contributed by atoms with Gasteiger partial charge < -0.3 is 15.4 Å². The summed E-state index contributed by atoms with van der Waals surface area (Å²) in [6.45, 7) is 7.92. The number of ether oxygens (including phenoxy) is 1. The van der Waals surface area contributed by atoms with Gasteiger partial charge in [0.1, 0.15) is 5.75 Å². The predicted molar refractivity (Wildman–Crippen MR) is 111 cm³/mol. The molecule has 0 saturated heterocycles. The van der Waals surface area contributed by atoms with Crippen LogP contribution in [0.15, 0.2) is 36.4 Å². The number of amides is 2. The van der Waals surface area contributed by atoms with E-state index in [9.17, 15) is 9.59 Å². The second-order valence-corrected chi connectivity index (χ2v) is 7.69. The van der Waals surface area contributed by atoms with Crippen LogP contribution in [0.5, 0.6) is 5.75 Å². The summed E-state index contributed by atoms with van der Waals surface area (Å²) in [5.41, 5.74) is 5.00. The highest BCUT2D eigenvalue weighted by atomic mass is 16.5. The summed E-state index contributed by atoms with van der Waals surface area (Å²) >= 11 is 0. The Hall–Kier alpha value is -2.82. The first-order valence-corrected chi connectivity index (χ1v) is 9.74. The molecule has 2 N–H and O–H groups in total. The van der Waals surface area contributed by atoms with E-state index >= 15 is 0 Å². The van der Waals surface area contributed by atoms with E-state index in [0.717, 1.165) is 41.0 Å². The molecule has 2 aromatic carbocycles. The van der Waals surface area contributed by atoms with Gasteiger partial charge in [0.25, 0.3) is 5.91 Å². The molecule has 1 unspecified atom stereocenters. The minimum absolute atomic E-state index is 0.0232. The average molecular weight is 380 g/mol. The second kappa shape index (κ2) is 8.46. The Morgan fingerprint density at radius 1 is 1.07 bits per heavy atom. The van der Waals surface area contributed by atoms with Gasteiger partial charge in [-0.3, -0.25) is 9.59 Å². The highest BCUT2D eigenvalue weighted by Gasteiger charge is 2.29. The van der Waals surface area contributed by atoms with Crippen molar-refractivity contribution in [2.24, 2.45) is 5.92 Å². The average Bonchev–Trinajstić information content (AvgIpc) is 3.46. The van der Waals surface area contributed by atoms with Gasteiger partial charge in [0.2, 0.25) is 5.91 Å². The maximum atomic E-state index is 12.3. The molecule has 1 aliphatic rings. The van der Waals surface area contributed by atoms with Crippen LogP contribution < -0.4 is 15.4 Å². The Morgan fingerprint density at radius 3 is 2.25 bits per heavy atom. The molecule has 0 radical (unpaired) electrons. The summed E-state index contributed by atoms with van der Waals surface area (Å²) in [7, 11) is 0. The van der Waals surface area contributed by atoms with Crippen LogP contribution in [-0.4, -0.2) is 18.4 Å². The number of carbonyl (C=O) groups excluding carboxylic acids is 2. The van der Waals surface area contributed by atoms with Gasteiger partial charge in [0.05, 0.1) is 6.04 Å². The van der Waals surface area contributed by atoms with E-state index in [2.05, 4.69) is 10.6 Å². The lowest BCUT2D eigenvalue weighted by Crippen LogP contribution is -2.31. The van der Waals surface area contributed by atoms with Gasteiger partial charge in [-0.15, -0.1) is 0 Å². The maximum Gasteiger partial charge on any atom is 0.258 e. The van der Waals surface area contributed by atoms with Gasteiger partial charge in [-0.25, -0.2) is 0 Å². The zero-order chi connectivity index (χ0) is 20.3. The summed E-state index contributed by atoms with van der Waals surface area (Å²) < 4.78 is 5.75. The molecule has 28 heavy (non-hydrogen) atoms. The monoisotopic (exact) mass is 380 g/mol. The number of hydrogen-bond donors (Lipinski definition) is 2. The molecule has 5 nitrogen and oxygen atoms in total. The van der Waals surface area contributed by atoms with E-state index in [0.29, 0.717) is 0 Å². The first-order valence-electron chi connectivity index (χ1n) is 9.74. The Labute approximate surface area is 166 Å².